The fourth-order valence-electron chi connectivity index (χ4n) is 5.47. The second-order valence-electron chi connectivity index (χ2n) is 10.9. The number of hydrogen-bond donors (Lipinski definition) is 3. The quantitative estimate of drug-likeness (QED) is 0.299. The zero-order valence-corrected chi connectivity index (χ0v) is 24.2. The number of likely N-dealkylation sites (N-methyl/N-ethyl adjacent to an activating group) is 1. The van der Waals surface area contributed by atoms with Crippen LogP contribution in [0, 0.1) is 0 Å². The summed E-state index contributed by atoms with van der Waals surface area (Å²) < 4.78 is 47.7. The highest BCUT2D eigenvalue weighted by Crippen LogP contribution is 2.41. The summed E-state index contributed by atoms with van der Waals surface area (Å²) in [5.41, 5.74) is 1.87. The highest BCUT2D eigenvalue weighted by Gasteiger charge is 2.40. The van der Waals surface area contributed by atoms with E-state index in [9.17, 15) is 18.0 Å². The van der Waals surface area contributed by atoms with Crippen LogP contribution in [0.4, 0.5) is 42.0 Å². The molecule has 42 heavy (non-hydrogen) atoms. The number of amides is 1. The number of nitrogens with one attached hydrogen (secondary N) is 3. The van der Waals surface area contributed by atoms with Crippen LogP contribution in [0.15, 0.2) is 42.6 Å². The Labute approximate surface area is 243 Å². The van der Waals surface area contributed by atoms with E-state index in [-0.39, 0.29) is 24.2 Å². The van der Waals surface area contributed by atoms with Crippen LogP contribution < -0.4 is 25.6 Å². The molecule has 0 radical (unpaired) electrons. The number of piperazine rings is 1. The van der Waals surface area contributed by atoms with E-state index in [0.29, 0.717) is 29.3 Å². The van der Waals surface area contributed by atoms with Crippen LogP contribution in [0.25, 0.3) is 0 Å². The van der Waals surface area contributed by atoms with Crippen LogP contribution in [-0.4, -0.2) is 60.1 Å². The molecular weight excluding hydrogens is 547 g/mol. The number of fused-ring (bicyclic) bond motifs is 1. The second kappa shape index (κ2) is 11.7. The fourth-order valence-corrected chi connectivity index (χ4v) is 5.47. The molecule has 1 saturated heterocycles. The SMILES string of the molecule is CCOc1cc(N2CCN(CC)CC2)ccc1Nc1ncc(C(F)(F)F)c(NCc2cccc3c2C(C)(C)C(=O)N3)n1. The van der Waals surface area contributed by atoms with E-state index < -0.39 is 17.2 Å². The number of aromatic nitrogens is 2. The van der Waals surface area contributed by atoms with Gasteiger partial charge in [0.2, 0.25) is 11.9 Å². The summed E-state index contributed by atoms with van der Waals surface area (Å²) >= 11 is 0. The minimum Gasteiger partial charge on any atom is -0.492 e. The molecule has 224 valence electrons. The maximum absolute atomic E-state index is 13.9. The standard InChI is InChI=1S/C30H36F3N7O2/c1-5-39-12-14-40(15-13-39)20-10-11-22(24(16-20)42-6-2)37-28-35-18-21(30(31,32)33)26(38-28)34-17-19-8-7-9-23-25(19)29(3,4)27(41)36-23/h7-11,16,18H,5-6,12-15,17H2,1-4H3,(H,36,41)(H2,34,35,37,38). The van der Waals surface area contributed by atoms with Crippen LogP contribution in [0.1, 0.15) is 44.4 Å². The monoisotopic (exact) mass is 583 g/mol. The number of ether oxygens (including phenoxy) is 1. The maximum atomic E-state index is 13.9. The molecule has 0 spiro atoms. The Morgan fingerprint density at radius 3 is 2.55 bits per heavy atom. The van der Waals surface area contributed by atoms with Crippen LogP contribution >= 0.6 is 0 Å². The fraction of sp³-hybridized carbons (Fsp3) is 0.433. The molecule has 1 fully saturated rings. The van der Waals surface area contributed by atoms with Gasteiger partial charge in [0, 0.05) is 56.4 Å². The Balaban J connectivity index is 1.40. The molecule has 2 aliphatic rings. The van der Waals surface area contributed by atoms with Crippen molar-refractivity contribution in [2.75, 3.05) is 60.2 Å². The predicted molar refractivity (Wildman–Crippen MR) is 158 cm³/mol. The lowest BCUT2D eigenvalue weighted by atomic mass is 9.83. The van der Waals surface area contributed by atoms with E-state index in [1.165, 1.54) is 0 Å². The van der Waals surface area contributed by atoms with Crippen LogP contribution in [0.5, 0.6) is 5.75 Å². The van der Waals surface area contributed by atoms with Crippen molar-refractivity contribution in [3.05, 3.63) is 59.3 Å². The van der Waals surface area contributed by atoms with E-state index in [0.717, 1.165) is 50.2 Å². The molecule has 2 aromatic carbocycles. The summed E-state index contributed by atoms with van der Waals surface area (Å²) in [5.74, 6) is 0.0289. The average Bonchev–Trinajstić information content (AvgIpc) is 3.20. The van der Waals surface area contributed by atoms with Gasteiger partial charge in [-0.3, -0.25) is 4.79 Å². The lowest BCUT2D eigenvalue weighted by molar-refractivity contribution is -0.137. The highest BCUT2D eigenvalue weighted by atomic mass is 19.4. The van der Waals surface area contributed by atoms with E-state index in [4.69, 9.17) is 4.74 Å². The summed E-state index contributed by atoms with van der Waals surface area (Å²) in [5, 5.41) is 8.74. The first-order chi connectivity index (χ1) is 20.0. The molecule has 3 aromatic rings. The molecule has 0 saturated carbocycles. The van der Waals surface area contributed by atoms with Crippen molar-refractivity contribution < 1.29 is 22.7 Å². The van der Waals surface area contributed by atoms with Gasteiger partial charge in [0.1, 0.15) is 17.1 Å². The van der Waals surface area contributed by atoms with Gasteiger partial charge in [0.05, 0.1) is 17.7 Å². The van der Waals surface area contributed by atoms with Gasteiger partial charge in [-0.25, -0.2) is 4.98 Å². The number of alkyl halides is 3. The molecule has 1 amide bonds. The summed E-state index contributed by atoms with van der Waals surface area (Å²) in [6.45, 7) is 12.8. The second-order valence-corrected chi connectivity index (χ2v) is 10.9. The number of anilines is 5. The van der Waals surface area contributed by atoms with Gasteiger partial charge >= 0.3 is 6.18 Å². The zero-order chi connectivity index (χ0) is 30.1. The number of nitrogens with zero attached hydrogens (tertiary/aromatic N) is 4. The molecule has 12 heteroatoms. The smallest absolute Gasteiger partial charge is 0.421 e. The predicted octanol–water partition coefficient (Wildman–Crippen LogP) is 5.62. The third-order valence-electron chi connectivity index (χ3n) is 7.83. The van der Waals surface area contributed by atoms with Crippen molar-refractivity contribution in [1.82, 2.24) is 14.9 Å². The van der Waals surface area contributed by atoms with Gasteiger partial charge in [-0.1, -0.05) is 19.1 Å². The van der Waals surface area contributed by atoms with Crippen molar-refractivity contribution in [2.45, 2.75) is 45.8 Å². The highest BCUT2D eigenvalue weighted by molar-refractivity contribution is 6.06. The lowest BCUT2D eigenvalue weighted by Crippen LogP contribution is -2.46. The Morgan fingerprint density at radius 1 is 1.10 bits per heavy atom. The first-order valence-electron chi connectivity index (χ1n) is 14.1. The molecule has 1 aromatic heterocycles. The average molecular weight is 584 g/mol. The van der Waals surface area contributed by atoms with Crippen molar-refractivity contribution in [1.29, 1.82) is 0 Å². The largest absolute Gasteiger partial charge is 0.492 e. The molecule has 3 heterocycles. The van der Waals surface area contributed by atoms with Gasteiger partial charge < -0.3 is 30.5 Å². The van der Waals surface area contributed by atoms with E-state index >= 15 is 0 Å². The van der Waals surface area contributed by atoms with Gasteiger partial charge in [-0.15, -0.1) is 0 Å². The summed E-state index contributed by atoms with van der Waals surface area (Å²) in [6.07, 6.45) is -3.90. The van der Waals surface area contributed by atoms with Crippen molar-refractivity contribution in [2.24, 2.45) is 0 Å². The van der Waals surface area contributed by atoms with Crippen molar-refractivity contribution in [3.8, 4) is 5.75 Å². The summed E-state index contributed by atoms with van der Waals surface area (Å²) in [7, 11) is 0. The van der Waals surface area contributed by atoms with Gasteiger partial charge in [-0.05, 0) is 56.6 Å². The molecule has 5 rings (SSSR count). The summed E-state index contributed by atoms with van der Waals surface area (Å²) in [4.78, 5) is 25.3. The Hall–Kier alpha value is -4.06. The molecule has 2 aliphatic heterocycles. The molecule has 3 N–H and O–H groups in total. The third-order valence-corrected chi connectivity index (χ3v) is 7.83. The summed E-state index contributed by atoms with van der Waals surface area (Å²) in [6, 6.07) is 11.1. The van der Waals surface area contributed by atoms with E-state index in [2.05, 4.69) is 42.6 Å². The number of carbonyl (C=O) groups is 1. The van der Waals surface area contributed by atoms with Crippen molar-refractivity contribution >= 4 is 34.7 Å². The molecule has 0 atom stereocenters. The van der Waals surface area contributed by atoms with Gasteiger partial charge in [0.15, 0.2) is 0 Å². The number of rotatable bonds is 9. The Bertz CT molecular complexity index is 1450. The van der Waals surface area contributed by atoms with E-state index in [1.54, 1.807) is 32.0 Å². The van der Waals surface area contributed by atoms with Gasteiger partial charge in [0.25, 0.3) is 0 Å². The first-order valence-corrected chi connectivity index (χ1v) is 14.1. The Morgan fingerprint density at radius 2 is 1.86 bits per heavy atom. The third kappa shape index (κ3) is 5.94. The first kappa shape index (κ1) is 29.4. The Kier molecular flexibility index (Phi) is 8.18. The van der Waals surface area contributed by atoms with Gasteiger partial charge in [-0.2, -0.15) is 18.2 Å². The van der Waals surface area contributed by atoms with Crippen LogP contribution in [-0.2, 0) is 22.9 Å². The molecule has 0 unspecified atom stereocenters. The molecule has 9 nitrogen and oxygen atoms in total. The minimum absolute atomic E-state index is 0.00812. The van der Waals surface area contributed by atoms with Crippen molar-refractivity contribution in [3.63, 3.8) is 0 Å². The molecule has 0 aliphatic carbocycles. The molecular formula is C30H36F3N7O2. The maximum Gasteiger partial charge on any atom is 0.421 e. The number of carbonyl (C=O) groups excluding carboxylic acids is 1. The van der Waals surface area contributed by atoms with Crippen LogP contribution in [0.2, 0.25) is 0 Å². The number of hydrogen-bond acceptors (Lipinski definition) is 8. The number of halogens is 3. The molecule has 0 bridgehead atoms. The zero-order valence-electron chi connectivity index (χ0n) is 24.2. The number of benzene rings is 2. The van der Waals surface area contributed by atoms with Crippen LogP contribution in [0.3, 0.4) is 0 Å². The normalized spacial score (nSPS) is 16.6. The minimum atomic E-state index is -4.67. The topological polar surface area (TPSA) is 94.7 Å². The van der Waals surface area contributed by atoms with E-state index in [1.807, 2.05) is 25.1 Å². The lowest BCUT2D eigenvalue weighted by Gasteiger charge is -2.35.